The van der Waals surface area contributed by atoms with E-state index in [2.05, 4.69) is 80.6 Å². The molecule has 146 valence electrons. The highest BCUT2D eigenvalue weighted by Gasteiger charge is 2.42. The van der Waals surface area contributed by atoms with E-state index in [1.807, 2.05) is 6.20 Å². The number of aryl methyl sites for hydroxylation is 2. The van der Waals surface area contributed by atoms with Crippen LogP contribution in [0.15, 0.2) is 65.3 Å². The standard InChI is InChI=1S/C25H26N4/c1-5-17-6-8-18(9-7-17)24-22(23-15(3)10-11-26-23)25-21-19(16(4)28-29-25)12-14(2)13-20(21)27-24/h6-13,15,22,24,27-28H,4-5H2,1-3H3/t15?,22?,24-/m1/s1. The van der Waals surface area contributed by atoms with Gasteiger partial charge in [0, 0.05) is 34.6 Å². The quantitative estimate of drug-likeness (QED) is 0.764. The molecule has 3 atom stereocenters. The normalized spacial score (nSPS) is 24.4. The lowest BCUT2D eigenvalue weighted by Gasteiger charge is -2.40. The van der Waals surface area contributed by atoms with E-state index in [1.54, 1.807) is 0 Å². The molecular formula is C25H26N4. The van der Waals surface area contributed by atoms with Crippen molar-refractivity contribution in [3.8, 4) is 0 Å². The van der Waals surface area contributed by atoms with Gasteiger partial charge in [-0.05, 0) is 42.2 Å². The summed E-state index contributed by atoms with van der Waals surface area (Å²) in [6.07, 6.45) is 5.13. The van der Waals surface area contributed by atoms with E-state index in [-0.39, 0.29) is 12.0 Å². The summed E-state index contributed by atoms with van der Waals surface area (Å²) in [5, 5.41) is 8.64. The fourth-order valence-electron chi connectivity index (χ4n) is 4.68. The van der Waals surface area contributed by atoms with E-state index in [9.17, 15) is 0 Å². The second kappa shape index (κ2) is 6.73. The van der Waals surface area contributed by atoms with Crippen molar-refractivity contribution in [3.05, 3.63) is 83.1 Å². The maximum Gasteiger partial charge on any atom is 0.0818 e. The summed E-state index contributed by atoms with van der Waals surface area (Å²) in [7, 11) is 0. The Labute approximate surface area is 172 Å². The van der Waals surface area contributed by atoms with E-state index >= 15 is 0 Å². The predicted octanol–water partition coefficient (Wildman–Crippen LogP) is 5.22. The first-order chi connectivity index (χ1) is 14.1. The third-order valence-electron chi connectivity index (χ3n) is 6.24. The molecule has 0 amide bonds. The van der Waals surface area contributed by atoms with Crippen LogP contribution in [0.25, 0.3) is 5.70 Å². The summed E-state index contributed by atoms with van der Waals surface area (Å²) in [5.74, 6) is 0.351. The summed E-state index contributed by atoms with van der Waals surface area (Å²) in [5.41, 5.74) is 13.5. The first-order valence-electron chi connectivity index (χ1n) is 10.3. The van der Waals surface area contributed by atoms with Crippen molar-refractivity contribution in [1.29, 1.82) is 0 Å². The molecular weight excluding hydrogens is 356 g/mol. The summed E-state index contributed by atoms with van der Waals surface area (Å²) < 4.78 is 0. The lowest BCUT2D eigenvalue weighted by molar-refractivity contribution is 0.682. The Balaban J connectivity index is 1.70. The molecule has 2 aromatic rings. The number of rotatable bonds is 3. The number of nitrogens with zero attached hydrogens (tertiary/aromatic N) is 2. The lowest BCUT2D eigenvalue weighted by Crippen LogP contribution is -2.43. The molecule has 2 aromatic carbocycles. The molecule has 3 heterocycles. The van der Waals surface area contributed by atoms with Crippen molar-refractivity contribution in [1.82, 2.24) is 5.43 Å². The number of aliphatic imine (C=N–C) groups is 1. The fourth-order valence-corrected chi connectivity index (χ4v) is 4.68. The zero-order valence-corrected chi connectivity index (χ0v) is 17.2. The number of hydrogen-bond acceptors (Lipinski definition) is 4. The van der Waals surface area contributed by atoms with Gasteiger partial charge in [-0.3, -0.25) is 10.4 Å². The molecule has 3 aliphatic heterocycles. The highest BCUT2D eigenvalue weighted by molar-refractivity contribution is 6.23. The second-order valence-electron chi connectivity index (χ2n) is 8.20. The minimum absolute atomic E-state index is 0.0574. The van der Waals surface area contributed by atoms with Gasteiger partial charge in [-0.1, -0.05) is 50.8 Å². The van der Waals surface area contributed by atoms with Crippen LogP contribution in [0.2, 0.25) is 0 Å². The SMILES string of the molecule is C=C1NN=C2c3c(cc(C)cc31)N[C@H](c1ccc(CC)cc1)C2C1=NC=CC1C. The number of hydrazone groups is 1. The molecule has 2 N–H and O–H groups in total. The molecule has 0 radical (unpaired) electrons. The first kappa shape index (κ1) is 17.9. The van der Waals surface area contributed by atoms with Crippen LogP contribution in [0.1, 0.15) is 47.7 Å². The van der Waals surface area contributed by atoms with Gasteiger partial charge in [0.25, 0.3) is 0 Å². The highest BCUT2D eigenvalue weighted by Crippen LogP contribution is 2.44. The Morgan fingerprint density at radius 3 is 2.62 bits per heavy atom. The van der Waals surface area contributed by atoms with Crippen LogP contribution >= 0.6 is 0 Å². The number of benzene rings is 2. The molecule has 3 aliphatic rings. The Morgan fingerprint density at radius 2 is 1.93 bits per heavy atom. The van der Waals surface area contributed by atoms with Crippen LogP contribution in [0, 0.1) is 18.8 Å². The molecule has 4 nitrogen and oxygen atoms in total. The summed E-state index contributed by atoms with van der Waals surface area (Å²) >= 11 is 0. The lowest BCUT2D eigenvalue weighted by atomic mass is 9.74. The number of anilines is 1. The average Bonchev–Trinajstić information content (AvgIpc) is 3.15. The molecule has 2 unspecified atom stereocenters. The smallest absolute Gasteiger partial charge is 0.0818 e. The zero-order chi connectivity index (χ0) is 20.1. The van der Waals surface area contributed by atoms with E-state index in [4.69, 9.17) is 10.1 Å². The Bertz CT molecular complexity index is 1090. The van der Waals surface area contributed by atoms with E-state index in [0.29, 0.717) is 5.92 Å². The maximum absolute atomic E-state index is 4.80. The van der Waals surface area contributed by atoms with E-state index < -0.39 is 0 Å². The molecule has 0 saturated heterocycles. The van der Waals surface area contributed by atoms with Crippen molar-refractivity contribution >= 4 is 22.8 Å². The van der Waals surface area contributed by atoms with Gasteiger partial charge in [-0.25, -0.2) is 0 Å². The molecule has 4 heteroatoms. The highest BCUT2D eigenvalue weighted by atomic mass is 15.3. The maximum atomic E-state index is 4.80. The fraction of sp³-hybridized carbons (Fsp3) is 0.280. The molecule has 29 heavy (non-hydrogen) atoms. The minimum atomic E-state index is 0.0574. The van der Waals surface area contributed by atoms with Gasteiger partial charge in [-0.15, -0.1) is 0 Å². The molecule has 5 rings (SSSR count). The van der Waals surface area contributed by atoms with Crippen molar-refractivity contribution in [2.75, 3.05) is 5.32 Å². The van der Waals surface area contributed by atoms with Gasteiger partial charge < -0.3 is 5.32 Å². The van der Waals surface area contributed by atoms with Crippen molar-refractivity contribution < 1.29 is 0 Å². The van der Waals surface area contributed by atoms with Gasteiger partial charge in [-0.2, -0.15) is 5.10 Å². The van der Waals surface area contributed by atoms with E-state index in [1.165, 1.54) is 16.7 Å². The molecule has 0 spiro atoms. The average molecular weight is 383 g/mol. The van der Waals surface area contributed by atoms with E-state index in [0.717, 1.165) is 40.4 Å². The Kier molecular flexibility index (Phi) is 4.16. The number of nitrogens with one attached hydrogen (secondary N) is 2. The minimum Gasteiger partial charge on any atom is -0.377 e. The summed E-state index contributed by atoms with van der Waals surface area (Å²) in [6.45, 7) is 10.7. The van der Waals surface area contributed by atoms with Crippen LogP contribution < -0.4 is 10.7 Å². The van der Waals surface area contributed by atoms with Gasteiger partial charge >= 0.3 is 0 Å². The second-order valence-corrected chi connectivity index (χ2v) is 8.20. The largest absolute Gasteiger partial charge is 0.377 e. The molecule has 0 aliphatic carbocycles. The number of hydrogen-bond donors (Lipinski definition) is 2. The van der Waals surface area contributed by atoms with Crippen molar-refractivity contribution in [2.45, 2.75) is 33.2 Å². The van der Waals surface area contributed by atoms with Crippen LogP contribution in [0.4, 0.5) is 5.69 Å². The zero-order valence-electron chi connectivity index (χ0n) is 17.2. The van der Waals surface area contributed by atoms with Crippen molar-refractivity contribution in [3.63, 3.8) is 0 Å². The van der Waals surface area contributed by atoms with Gasteiger partial charge in [0.1, 0.15) is 0 Å². The summed E-state index contributed by atoms with van der Waals surface area (Å²) in [4.78, 5) is 4.78. The van der Waals surface area contributed by atoms with Crippen molar-refractivity contribution in [2.24, 2.45) is 21.9 Å². The van der Waals surface area contributed by atoms with Crippen LogP contribution in [-0.2, 0) is 6.42 Å². The van der Waals surface area contributed by atoms with Gasteiger partial charge in [0.05, 0.1) is 23.4 Å². The number of allylic oxidation sites excluding steroid dienone is 1. The molecule has 0 bridgehead atoms. The molecule has 0 aromatic heterocycles. The molecule has 0 fully saturated rings. The first-order valence-corrected chi connectivity index (χ1v) is 10.3. The van der Waals surface area contributed by atoms with Crippen LogP contribution in [0.3, 0.4) is 0 Å². The third kappa shape index (κ3) is 2.82. The van der Waals surface area contributed by atoms with Crippen LogP contribution in [0.5, 0.6) is 0 Å². The predicted molar refractivity (Wildman–Crippen MR) is 121 cm³/mol. The third-order valence-corrected chi connectivity index (χ3v) is 6.24. The summed E-state index contributed by atoms with van der Waals surface area (Å²) in [6, 6.07) is 13.4. The monoisotopic (exact) mass is 382 g/mol. The van der Waals surface area contributed by atoms with Gasteiger partial charge in [0.15, 0.2) is 0 Å². The topological polar surface area (TPSA) is 48.8 Å². The molecule has 0 saturated carbocycles. The Hall–Kier alpha value is -3.14. The van der Waals surface area contributed by atoms with Gasteiger partial charge in [0.2, 0.25) is 0 Å². The van der Waals surface area contributed by atoms with Crippen LogP contribution in [-0.4, -0.2) is 11.4 Å². The Morgan fingerprint density at radius 1 is 1.14 bits per heavy atom.